The summed E-state index contributed by atoms with van der Waals surface area (Å²) in [4.78, 5) is 38.5. The van der Waals surface area contributed by atoms with E-state index in [2.05, 4.69) is 20.4 Å². The largest absolute Gasteiger partial charge is 0.423 e. The van der Waals surface area contributed by atoms with Gasteiger partial charge in [0.1, 0.15) is 5.56 Å². The van der Waals surface area contributed by atoms with Gasteiger partial charge in [-0.2, -0.15) is 31.4 Å². The van der Waals surface area contributed by atoms with Crippen LogP contribution in [0.4, 0.5) is 42.4 Å². The van der Waals surface area contributed by atoms with Crippen molar-refractivity contribution in [2.45, 2.75) is 31.6 Å². The standard InChI is InChI=1S/C19H21F7N8O3/c1-10(30-12-8-29-31-15(35)13(12)19(24,25)26)9-37-32-16(36)14(20)33-2-4-34(5-3-33)17-27-6-11(7-28-17)18(21,22)23/h6-8,10,14H,2-5,9H2,1H3,(H,32,36)(H2,30,31,35)/t10-,14?/m0/s1. The first-order chi connectivity index (χ1) is 17.3. The van der Waals surface area contributed by atoms with Gasteiger partial charge in [0, 0.05) is 44.6 Å². The second kappa shape index (κ2) is 11.2. The molecule has 1 aliphatic rings. The number of nitrogens with one attached hydrogen (secondary N) is 3. The van der Waals surface area contributed by atoms with E-state index in [0.717, 1.165) is 11.1 Å². The third-order valence-corrected chi connectivity index (χ3v) is 5.15. The van der Waals surface area contributed by atoms with Gasteiger partial charge in [0.25, 0.3) is 11.5 Å². The number of hydroxylamine groups is 1. The number of anilines is 2. The zero-order valence-electron chi connectivity index (χ0n) is 19.0. The predicted molar refractivity (Wildman–Crippen MR) is 113 cm³/mol. The van der Waals surface area contributed by atoms with E-state index in [1.54, 1.807) is 5.10 Å². The summed E-state index contributed by atoms with van der Waals surface area (Å²) in [6.07, 6.45) is -9.60. The van der Waals surface area contributed by atoms with Crippen LogP contribution in [0.5, 0.6) is 0 Å². The number of aromatic nitrogens is 4. The minimum atomic E-state index is -4.95. The zero-order chi connectivity index (χ0) is 27.4. The Labute approximate surface area is 204 Å². The maximum atomic E-state index is 14.6. The van der Waals surface area contributed by atoms with Crippen LogP contribution in [0.25, 0.3) is 0 Å². The van der Waals surface area contributed by atoms with Crippen LogP contribution in [0.3, 0.4) is 0 Å². The van der Waals surface area contributed by atoms with Crippen molar-refractivity contribution in [3.8, 4) is 0 Å². The van der Waals surface area contributed by atoms with E-state index in [1.165, 1.54) is 11.8 Å². The molecule has 37 heavy (non-hydrogen) atoms. The second-order valence-electron chi connectivity index (χ2n) is 7.94. The summed E-state index contributed by atoms with van der Waals surface area (Å²) in [5, 5.41) is 7.39. The van der Waals surface area contributed by atoms with Crippen LogP contribution in [0, 0.1) is 0 Å². The Morgan fingerprint density at radius 2 is 1.70 bits per heavy atom. The maximum Gasteiger partial charge on any atom is 0.423 e. The van der Waals surface area contributed by atoms with Gasteiger partial charge in [0.05, 0.1) is 24.1 Å². The minimum absolute atomic E-state index is 0.0205. The number of rotatable bonds is 8. The molecule has 0 aromatic carbocycles. The van der Waals surface area contributed by atoms with Crippen LogP contribution in [0.2, 0.25) is 0 Å². The highest BCUT2D eigenvalue weighted by molar-refractivity contribution is 5.79. The fraction of sp³-hybridized carbons (Fsp3) is 0.526. The quantitative estimate of drug-likeness (QED) is 0.259. The number of amides is 1. The lowest BCUT2D eigenvalue weighted by molar-refractivity contribution is -0.146. The number of aromatic amines is 1. The molecular weight excluding hydrogens is 521 g/mol. The van der Waals surface area contributed by atoms with Gasteiger partial charge in [0.2, 0.25) is 12.2 Å². The minimum Gasteiger partial charge on any atom is -0.378 e. The molecule has 1 amide bonds. The molecule has 3 N–H and O–H groups in total. The summed E-state index contributed by atoms with van der Waals surface area (Å²) >= 11 is 0. The molecule has 1 saturated heterocycles. The van der Waals surface area contributed by atoms with Gasteiger partial charge in [-0.05, 0) is 6.92 Å². The van der Waals surface area contributed by atoms with E-state index >= 15 is 0 Å². The van der Waals surface area contributed by atoms with Gasteiger partial charge >= 0.3 is 12.4 Å². The normalized spacial score (nSPS) is 16.8. The van der Waals surface area contributed by atoms with Gasteiger partial charge in [-0.3, -0.25) is 19.3 Å². The molecule has 2 aromatic heterocycles. The van der Waals surface area contributed by atoms with Crippen molar-refractivity contribution in [1.82, 2.24) is 30.5 Å². The Morgan fingerprint density at radius 1 is 1.08 bits per heavy atom. The molecular formula is C19H21F7N8O3. The number of hydrogen-bond acceptors (Lipinski definition) is 9. The number of piperazine rings is 1. The molecule has 0 aliphatic carbocycles. The number of carbonyl (C=O) groups is 1. The van der Waals surface area contributed by atoms with Crippen LogP contribution >= 0.6 is 0 Å². The van der Waals surface area contributed by atoms with Crippen molar-refractivity contribution in [3.05, 3.63) is 40.1 Å². The monoisotopic (exact) mass is 542 g/mol. The lowest BCUT2D eigenvalue weighted by Crippen LogP contribution is -2.53. The molecule has 0 radical (unpaired) electrons. The number of nitrogens with zero attached hydrogens (tertiary/aromatic N) is 5. The lowest BCUT2D eigenvalue weighted by atomic mass is 10.2. The van der Waals surface area contributed by atoms with Gasteiger partial charge < -0.3 is 10.2 Å². The first-order valence-electron chi connectivity index (χ1n) is 10.6. The van der Waals surface area contributed by atoms with E-state index in [-0.39, 0.29) is 38.7 Å². The molecule has 2 aromatic rings. The Balaban J connectivity index is 1.44. The average Bonchev–Trinajstić information content (AvgIpc) is 2.82. The smallest absolute Gasteiger partial charge is 0.378 e. The van der Waals surface area contributed by atoms with E-state index in [0.29, 0.717) is 12.4 Å². The summed E-state index contributed by atoms with van der Waals surface area (Å²) in [6.45, 7) is 1.31. The fourth-order valence-electron chi connectivity index (χ4n) is 3.33. The van der Waals surface area contributed by atoms with Gasteiger partial charge in [-0.1, -0.05) is 0 Å². The van der Waals surface area contributed by atoms with Crippen molar-refractivity contribution in [3.63, 3.8) is 0 Å². The number of carbonyl (C=O) groups excluding carboxylic acids is 1. The highest BCUT2D eigenvalue weighted by Crippen LogP contribution is 2.31. The summed E-state index contributed by atoms with van der Waals surface area (Å²) < 4.78 is 91.7. The van der Waals surface area contributed by atoms with Crippen LogP contribution in [-0.2, 0) is 22.0 Å². The van der Waals surface area contributed by atoms with Crippen molar-refractivity contribution in [2.24, 2.45) is 0 Å². The molecule has 1 unspecified atom stereocenters. The van der Waals surface area contributed by atoms with Crippen LogP contribution in [-0.4, -0.2) is 76.1 Å². The number of H-pyrrole nitrogens is 1. The topological polar surface area (TPSA) is 128 Å². The third-order valence-electron chi connectivity index (χ3n) is 5.15. The Bertz CT molecular complexity index is 1120. The van der Waals surface area contributed by atoms with Crippen molar-refractivity contribution in [1.29, 1.82) is 0 Å². The van der Waals surface area contributed by atoms with Crippen LogP contribution < -0.4 is 21.3 Å². The number of halogens is 7. The Hall–Kier alpha value is -3.54. The Kier molecular flexibility index (Phi) is 8.52. The molecule has 2 atom stereocenters. The Morgan fingerprint density at radius 3 is 2.27 bits per heavy atom. The SMILES string of the molecule is C[C@@H](CONC(=O)C(F)N1CCN(c2ncc(C(F)(F)F)cn2)CC1)Nc1cn[nH]c(=O)c1C(F)(F)F. The van der Waals surface area contributed by atoms with Gasteiger partial charge in [-0.25, -0.2) is 24.9 Å². The van der Waals surface area contributed by atoms with Crippen molar-refractivity contribution in [2.75, 3.05) is 43.0 Å². The summed E-state index contributed by atoms with van der Waals surface area (Å²) in [6, 6.07) is -0.852. The van der Waals surface area contributed by atoms with Crippen LogP contribution in [0.15, 0.2) is 23.4 Å². The molecule has 0 bridgehead atoms. The van der Waals surface area contributed by atoms with E-state index in [4.69, 9.17) is 4.84 Å². The molecule has 18 heteroatoms. The molecule has 1 aliphatic heterocycles. The van der Waals surface area contributed by atoms with E-state index < -0.39 is 53.0 Å². The summed E-state index contributed by atoms with van der Waals surface area (Å²) in [5.41, 5.74) is -2.66. The average molecular weight is 542 g/mol. The number of hydrogen-bond donors (Lipinski definition) is 3. The molecule has 3 rings (SSSR count). The summed E-state index contributed by atoms with van der Waals surface area (Å²) in [7, 11) is 0. The fourth-order valence-corrected chi connectivity index (χ4v) is 3.33. The predicted octanol–water partition coefficient (Wildman–Crippen LogP) is 1.56. The third kappa shape index (κ3) is 7.25. The van der Waals surface area contributed by atoms with Crippen molar-refractivity contribution >= 4 is 17.5 Å². The number of alkyl halides is 7. The van der Waals surface area contributed by atoms with Crippen molar-refractivity contribution < 1.29 is 40.4 Å². The van der Waals surface area contributed by atoms with E-state index in [1.807, 2.05) is 5.48 Å². The van der Waals surface area contributed by atoms with Gasteiger partial charge in [-0.15, -0.1) is 0 Å². The second-order valence-corrected chi connectivity index (χ2v) is 7.94. The highest BCUT2D eigenvalue weighted by atomic mass is 19.4. The first-order valence-corrected chi connectivity index (χ1v) is 10.6. The summed E-state index contributed by atoms with van der Waals surface area (Å²) in [5.74, 6) is -1.14. The molecule has 11 nitrogen and oxygen atoms in total. The van der Waals surface area contributed by atoms with E-state index in [9.17, 15) is 40.3 Å². The molecule has 0 saturated carbocycles. The molecule has 1 fully saturated rings. The van der Waals surface area contributed by atoms with Gasteiger partial charge in [0.15, 0.2) is 0 Å². The highest BCUT2D eigenvalue weighted by Gasteiger charge is 2.38. The first kappa shape index (κ1) is 28.0. The lowest BCUT2D eigenvalue weighted by Gasteiger charge is -2.35. The molecule has 3 heterocycles. The maximum absolute atomic E-state index is 14.6. The molecule has 204 valence electrons. The van der Waals surface area contributed by atoms with Crippen LogP contribution in [0.1, 0.15) is 18.1 Å². The molecule has 0 spiro atoms. The zero-order valence-corrected chi connectivity index (χ0v) is 19.0.